The summed E-state index contributed by atoms with van der Waals surface area (Å²) in [5.41, 5.74) is 4.32. The Morgan fingerprint density at radius 2 is 1.16 bits per heavy atom. The van der Waals surface area contributed by atoms with E-state index in [0.717, 1.165) is 26.5 Å². The zero-order valence-electron chi connectivity index (χ0n) is 10.1. The summed E-state index contributed by atoms with van der Waals surface area (Å²) in [4.78, 5) is 16.1. The van der Waals surface area contributed by atoms with Gasteiger partial charge in [0.25, 0.3) is 0 Å². The molecular formula is C14H10LaN4. The Hall–Kier alpha value is -1.43. The van der Waals surface area contributed by atoms with Gasteiger partial charge in [-0.3, -0.25) is 0 Å². The number of nitrogens with one attached hydrogen (secondary N) is 2. The Balaban J connectivity index is 1.73. The van der Waals surface area contributed by atoms with E-state index in [1.165, 1.54) is 0 Å². The van der Waals surface area contributed by atoms with Crippen LogP contribution in [-0.2, 0) is 0 Å². The first-order chi connectivity index (χ1) is 9.38. The van der Waals surface area contributed by atoms with Crippen LogP contribution in [0.5, 0.6) is 0 Å². The molecule has 0 atom stereocenters. The molecule has 89 valence electrons. The van der Waals surface area contributed by atoms with Crippen LogP contribution in [0.1, 0.15) is 0 Å². The quantitative estimate of drug-likeness (QED) is 0.559. The Labute approximate surface area is 126 Å². The number of fused-ring (bicyclic) bond motifs is 2. The Kier molecular flexibility index (Phi) is 2.76. The zero-order chi connectivity index (χ0) is 12.7. The van der Waals surface area contributed by atoms with Crippen LogP contribution in [0.25, 0.3) is 22.1 Å². The molecule has 4 aromatic rings. The Morgan fingerprint density at radius 1 is 0.684 bits per heavy atom. The van der Waals surface area contributed by atoms with Gasteiger partial charge in [-0.15, -0.1) is 0 Å². The molecule has 0 spiro atoms. The van der Waals surface area contributed by atoms with Crippen LogP contribution < -0.4 is 4.45 Å². The molecule has 2 aromatic heterocycles. The number of para-hydroxylation sites is 4. The molecule has 4 nitrogen and oxygen atoms in total. The zero-order valence-corrected chi connectivity index (χ0v) is 13.7. The van der Waals surface area contributed by atoms with Crippen LogP contribution in [-0.4, -0.2) is 19.9 Å². The van der Waals surface area contributed by atoms with Gasteiger partial charge in [0, 0.05) is 0 Å². The van der Waals surface area contributed by atoms with E-state index in [1.807, 2.05) is 36.4 Å². The molecule has 0 bridgehead atoms. The van der Waals surface area contributed by atoms with E-state index < -0.39 is 31.9 Å². The summed E-state index contributed by atoms with van der Waals surface area (Å²) < 4.78 is 2.28. The monoisotopic (exact) mass is 373 g/mol. The van der Waals surface area contributed by atoms with Gasteiger partial charge in [0.1, 0.15) is 0 Å². The normalized spacial score (nSPS) is 10.9. The Morgan fingerprint density at radius 3 is 1.63 bits per heavy atom. The predicted molar refractivity (Wildman–Crippen MR) is 71.5 cm³/mol. The average molecular weight is 373 g/mol. The van der Waals surface area contributed by atoms with E-state index in [9.17, 15) is 0 Å². The fraction of sp³-hybridized carbons (Fsp3) is 0. The van der Waals surface area contributed by atoms with E-state index in [1.54, 1.807) is 0 Å². The molecule has 2 heterocycles. The van der Waals surface area contributed by atoms with Crippen LogP contribution in [0.15, 0.2) is 48.5 Å². The van der Waals surface area contributed by atoms with E-state index >= 15 is 0 Å². The van der Waals surface area contributed by atoms with E-state index in [2.05, 4.69) is 32.1 Å². The third kappa shape index (κ3) is 2.14. The van der Waals surface area contributed by atoms with Gasteiger partial charge in [0.15, 0.2) is 0 Å². The topological polar surface area (TPSA) is 57.4 Å². The second kappa shape index (κ2) is 4.60. The van der Waals surface area contributed by atoms with Crippen LogP contribution in [0.2, 0.25) is 0 Å². The molecule has 0 aliphatic heterocycles. The fourth-order valence-corrected chi connectivity index (χ4v) is 5.73. The number of aromatic nitrogens is 4. The van der Waals surface area contributed by atoms with Crippen LogP contribution in [0.4, 0.5) is 0 Å². The second-order valence-electron chi connectivity index (χ2n) is 4.42. The molecule has 5 heteroatoms. The maximum absolute atomic E-state index is 4.66. The molecule has 0 amide bonds. The Bertz CT molecular complexity index is 724. The predicted octanol–water partition coefficient (Wildman–Crippen LogP) is 1.47. The van der Waals surface area contributed by atoms with E-state index in [0.29, 0.717) is 0 Å². The number of hydrogen-bond acceptors (Lipinski definition) is 2. The first-order valence-electron chi connectivity index (χ1n) is 6.13. The minimum atomic E-state index is -1.37. The first-order valence-corrected chi connectivity index (χ1v) is 9.75. The molecule has 0 fully saturated rings. The van der Waals surface area contributed by atoms with Gasteiger partial charge in [-0.2, -0.15) is 0 Å². The fourth-order valence-electron chi connectivity index (χ4n) is 2.21. The van der Waals surface area contributed by atoms with Gasteiger partial charge >= 0.3 is 127 Å². The van der Waals surface area contributed by atoms with Crippen molar-refractivity contribution in [3.8, 4) is 0 Å². The molecule has 0 radical (unpaired) electrons. The molecule has 0 saturated heterocycles. The molecule has 2 N–H and O–H groups in total. The number of rotatable bonds is 2. The summed E-state index contributed by atoms with van der Waals surface area (Å²) in [5.74, 6) is 0. The van der Waals surface area contributed by atoms with Crippen LogP contribution in [0.3, 0.4) is 0 Å². The maximum atomic E-state index is 4.66. The molecule has 0 unspecified atom stereocenters. The third-order valence-corrected chi connectivity index (χ3v) is 6.52. The first kappa shape index (κ1) is 11.4. The summed E-state index contributed by atoms with van der Waals surface area (Å²) in [5, 5.41) is 0. The van der Waals surface area contributed by atoms with E-state index in [4.69, 9.17) is 0 Å². The summed E-state index contributed by atoms with van der Waals surface area (Å²) in [7, 11) is 0. The van der Waals surface area contributed by atoms with Gasteiger partial charge in [-0.25, -0.2) is 0 Å². The number of benzene rings is 2. The van der Waals surface area contributed by atoms with Gasteiger partial charge in [0.2, 0.25) is 0 Å². The van der Waals surface area contributed by atoms with Crippen molar-refractivity contribution in [1.29, 1.82) is 0 Å². The number of H-pyrrole nitrogens is 2. The van der Waals surface area contributed by atoms with Gasteiger partial charge in [0.05, 0.1) is 0 Å². The molecule has 0 aliphatic carbocycles. The SMILES string of the molecule is c1ccc2[nH][c]([La][c]3nc4ccccc4[nH]3)nc2c1. The second-order valence-corrected chi connectivity index (χ2v) is 8.76. The number of hydrogen-bond donors (Lipinski definition) is 2. The van der Waals surface area contributed by atoms with Crippen LogP contribution >= 0.6 is 0 Å². The number of nitrogens with zero attached hydrogens (tertiary/aromatic N) is 2. The standard InChI is InChI=1S/2C7H5N2.La/c2*1-2-4-7-6(3-1)8-5-9-7;/h2*1-4H,(H,8,9);. The van der Waals surface area contributed by atoms with Crippen molar-refractivity contribution in [3.05, 3.63) is 48.5 Å². The summed E-state index contributed by atoms with van der Waals surface area (Å²) in [6, 6.07) is 16.3. The molecule has 2 aromatic carbocycles. The van der Waals surface area contributed by atoms with Crippen molar-refractivity contribution in [1.82, 2.24) is 19.9 Å². The van der Waals surface area contributed by atoms with Gasteiger partial charge in [-0.05, 0) is 0 Å². The minimum absolute atomic E-state index is 1.05. The molecule has 4 rings (SSSR count). The van der Waals surface area contributed by atoms with Crippen molar-refractivity contribution < 1.29 is 31.9 Å². The van der Waals surface area contributed by atoms with Gasteiger partial charge in [-0.1, -0.05) is 0 Å². The van der Waals surface area contributed by atoms with Crippen molar-refractivity contribution in [3.63, 3.8) is 0 Å². The summed E-state index contributed by atoms with van der Waals surface area (Å²) in [6.45, 7) is 0. The van der Waals surface area contributed by atoms with Crippen molar-refractivity contribution in [2.75, 3.05) is 0 Å². The molecule has 0 saturated carbocycles. The molecule has 19 heavy (non-hydrogen) atoms. The molecular weight excluding hydrogens is 363 g/mol. The number of aromatic amines is 2. The average Bonchev–Trinajstić information content (AvgIpc) is 3.00. The van der Waals surface area contributed by atoms with Crippen molar-refractivity contribution in [2.45, 2.75) is 0 Å². The summed E-state index contributed by atoms with van der Waals surface area (Å²) in [6.07, 6.45) is 0. The van der Waals surface area contributed by atoms with E-state index in [-0.39, 0.29) is 0 Å². The van der Waals surface area contributed by atoms with Crippen molar-refractivity contribution in [2.24, 2.45) is 0 Å². The summed E-state index contributed by atoms with van der Waals surface area (Å²) >= 11 is -1.37. The molecule has 0 aliphatic rings. The third-order valence-electron chi connectivity index (χ3n) is 3.09. The van der Waals surface area contributed by atoms with Crippen molar-refractivity contribution >= 4 is 26.5 Å². The van der Waals surface area contributed by atoms with Gasteiger partial charge < -0.3 is 0 Å². The van der Waals surface area contributed by atoms with Crippen LogP contribution in [0, 0.1) is 31.9 Å². The number of imidazole rings is 2.